The normalized spacial score (nSPS) is 19.9. The fraction of sp³-hybridized carbons (Fsp3) is 0.417. The van der Waals surface area contributed by atoms with E-state index in [9.17, 15) is 8.78 Å². The first kappa shape index (κ1) is 23.1. The van der Waals surface area contributed by atoms with Crippen molar-refractivity contribution in [2.75, 3.05) is 30.3 Å². The molecule has 1 aliphatic rings. The van der Waals surface area contributed by atoms with E-state index in [2.05, 4.69) is 52.5 Å². The van der Waals surface area contributed by atoms with Crippen LogP contribution in [0.1, 0.15) is 26.3 Å². The molecule has 3 atom stereocenters. The Kier molecular flexibility index (Phi) is 6.90. The molecule has 1 saturated heterocycles. The monoisotopic (exact) mass is 456 g/mol. The van der Waals surface area contributed by atoms with Crippen molar-refractivity contribution in [3.05, 3.63) is 59.9 Å². The molecule has 3 unspecified atom stereocenters. The molecule has 0 spiro atoms. The maximum absolute atomic E-state index is 13.5. The largest absolute Gasteiger partial charge is 0.383 e. The van der Waals surface area contributed by atoms with Gasteiger partial charge in [-0.1, -0.05) is 0 Å². The third-order valence-electron chi connectivity index (χ3n) is 5.61. The average molecular weight is 457 g/mol. The minimum absolute atomic E-state index is 0.238. The Bertz CT molecular complexity index is 1070. The molecular weight excluding hydrogens is 426 g/mol. The summed E-state index contributed by atoms with van der Waals surface area (Å²) < 4.78 is 34.2. The molecule has 3 aromatic rings. The van der Waals surface area contributed by atoms with Crippen LogP contribution in [0.4, 0.5) is 26.1 Å². The van der Waals surface area contributed by atoms with Crippen molar-refractivity contribution in [1.82, 2.24) is 19.7 Å². The second-order valence-corrected chi connectivity index (χ2v) is 8.79. The number of benzene rings is 2. The molecule has 2 N–H and O–H groups in total. The first-order valence-electron chi connectivity index (χ1n) is 11.2. The third kappa shape index (κ3) is 6.06. The van der Waals surface area contributed by atoms with Gasteiger partial charge in [-0.3, -0.25) is 4.90 Å². The number of halogens is 2. The molecule has 33 heavy (non-hydrogen) atoms. The molecule has 0 saturated carbocycles. The van der Waals surface area contributed by atoms with Crippen LogP contribution in [0.15, 0.2) is 42.7 Å². The Morgan fingerprint density at radius 2 is 1.70 bits per heavy atom. The molecule has 2 aromatic carbocycles. The van der Waals surface area contributed by atoms with E-state index in [0.717, 1.165) is 42.6 Å². The highest BCUT2D eigenvalue weighted by Gasteiger charge is 2.25. The van der Waals surface area contributed by atoms with Crippen molar-refractivity contribution in [1.29, 1.82) is 0 Å². The SMILES string of the molecule is Cc1cc(NCC(C)N2CC(C)OC(C)C2)cc(Nc2ncn(-c3cc(F)cc(F)c3)n2)c1. The topological polar surface area (TPSA) is 67.2 Å². The zero-order valence-corrected chi connectivity index (χ0v) is 19.3. The number of hydrogen-bond donors (Lipinski definition) is 2. The van der Waals surface area contributed by atoms with Gasteiger partial charge in [-0.15, -0.1) is 5.10 Å². The summed E-state index contributed by atoms with van der Waals surface area (Å²) in [4.78, 5) is 6.66. The van der Waals surface area contributed by atoms with Gasteiger partial charge in [0.15, 0.2) is 0 Å². The minimum atomic E-state index is -0.667. The van der Waals surface area contributed by atoms with Crippen molar-refractivity contribution in [2.24, 2.45) is 0 Å². The van der Waals surface area contributed by atoms with Crippen LogP contribution in [0.3, 0.4) is 0 Å². The second kappa shape index (κ2) is 9.84. The lowest BCUT2D eigenvalue weighted by Gasteiger charge is -2.39. The van der Waals surface area contributed by atoms with Gasteiger partial charge in [0.25, 0.3) is 0 Å². The minimum Gasteiger partial charge on any atom is -0.383 e. The molecule has 0 aliphatic carbocycles. The number of aryl methyl sites for hydroxylation is 1. The summed E-state index contributed by atoms with van der Waals surface area (Å²) in [5.74, 6) is -1.000. The summed E-state index contributed by atoms with van der Waals surface area (Å²) in [6.07, 6.45) is 1.89. The second-order valence-electron chi connectivity index (χ2n) is 8.79. The molecule has 0 amide bonds. The van der Waals surface area contributed by atoms with Gasteiger partial charge in [-0.2, -0.15) is 4.98 Å². The summed E-state index contributed by atoms with van der Waals surface area (Å²) in [5.41, 5.74) is 3.16. The number of aromatic nitrogens is 3. The van der Waals surface area contributed by atoms with Gasteiger partial charge >= 0.3 is 0 Å². The number of morpholine rings is 1. The van der Waals surface area contributed by atoms with E-state index in [1.165, 1.54) is 23.1 Å². The summed E-state index contributed by atoms with van der Waals surface area (Å²) in [6, 6.07) is 9.65. The number of anilines is 3. The number of nitrogens with zero attached hydrogens (tertiary/aromatic N) is 4. The van der Waals surface area contributed by atoms with Crippen LogP contribution >= 0.6 is 0 Å². The van der Waals surface area contributed by atoms with Gasteiger partial charge in [0, 0.05) is 43.1 Å². The quantitative estimate of drug-likeness (QED) is 0.546. The third-order valence-corrected chi connectivity index (χ3v) is 5.61. The molecular formula is C24H30F2N6O. The summed E-state index contributed by atoms with van der Waals surface area (Å²) in [5, 5.41) is 11.0. The Balaban J connectivity index is 1.41. The van der Waals surface area contributed by atoms with Crippen LogP contribution in [-0.4, -0.2) is 57.5 Å². The standard InChI is InChI=1S/C24H30F2N6O/c1-15-5-21(27-11-16(2)31-12-17(3)33-18(4)13-31)10-22(6-15)29-24-28-14-32(30-24)23-8-19(25)7-20(26)9-23/h5-10,14,16-18,27H,11-13H2,1-4H3,(H,29,30). The molecule has 176 valence electrons. The zero-order valence-electron chi connectivity index (χ0n) is 19.3. The van der Waals surface area contributed by atoms with Crippen molar-refractivity contribution in [2.45, 2.75) is 45.9 Å². The molecule has 1 fully saturated rings. The predicted octanol–water partition coefficient (Wildman–Crippen LogP) is 4.51. The van der Waals surface area contributed by atoms with E-state index in [4.69, 9.17) is 4.74 Å². The van der Waals surface area contributed by atoms with Crippen LogP contribution in [0.5, 0.6) is 0 Å². The van der Waals surface area contributed by atoms with Gasteiger partial charge in [0.2, 0.25) is 5.95 Å². The Morgan fingerprint density at radius 1 is 1.03 bits per heavy atom. The van der Waals surface area contributed by atoms with E-state index in [-0.39, 0.29) is 17.9 Å². The number of nitrogens with one attached hydrogen (secondary N) is 2. The number of hydrogen-bond acceptors (Lipinski definition) is 6. The molecule has 2 heterocycles. The fourth-order valence-electron chi connectivity index (χ4n) is 4.17. The summed E-state index contributed by atoms with van der Waals surface area (Å²) in [7, 11) is 0. The Labute approximate surface area is 192 Å². The summed E-state index contributed by atoms with van der Waals surface area (Å²) in [6.45, 7) is 11.1. The van der Waals surface area contributed by atoms with E-state index >= 15 is 0 Å². The smallest absolute Gasteiger partial charge is 0.246 e. The van der Waals surface area contributed by atoms with Gasteiger partial charge in [-0.25, -0.2) is 13.5 Å². The first-order valence-corrected chi connectivity index (χ1v) is 11.2. The van der Waals surface area contributed by atoms with Crippen molar-refractivity contribution in [3.63, 3.8) is 0 Å². The zero-order chi connectivity index (χ0) is 23.5. The van der Waals surface area contributed by atoms with Crippen LogP contribution in [0.25, 0.3) is 5.69 Å². The highest BCUT2D eigenvalue weighted by molar-refractivity contribution is 5.63. The lowest BCUT2D eigenvalue weighted by molar-refractivity contribution is -0.0769. The molecule has 9 heteroatoms. The Morgan fingerprint density at radius 3 is 2.39 bits per heavy atom. The fourth-order valence-corrected chi connectivity index (χ4v) is 4.17. The van der Waals surface area contributed by atoms with Crippen molar-refractivity contribution in [3.8, 4) is 5.69 Å². The van der Waals surface area contributed by atoms with Gasteiger partial charge < -0.3 is 15.4 Å². The van der Waals surface area contributed by atoms with E-state index in [0.29, 0.717) is 12.0 Å². The predicted molar refractivity (Wildman–Crippen MR) is 125 cm³/mol. The van der Waals surface area contributed by atoms with Crippen LogP contribution in [-0.2, 0) is 4.74 Å². The highest BCUT2D eigenvalue weighted by atomic mass is 19.1. The molecule has 0 bridgehead atoms. The molecule has 7 nitrogen and oxygen atoms in total. The van der Waals surface area contributed by atoms with Gasteiger partial charge in [0.05, 0.1) is 17.9 Å². The van der Waals surface area contributed by atoms with Crippen molar-refractivity contribution >= 4 is 17.3 Å². The number of rotatable bonds is 7. The van der Waals surface area contributed by atoms with Crippen molar-refractivity contribution < 1.29 is 13.5 Å². The highest BCUT2D eigenvalue weighted by Crippen LogP contribution is 2.22. The van der Waals surface area contributed by atoms with E-state index < -0.39 is 11.6 Å². The molecule has 1 aromatic heterocycles. The maximum atomic E-state index is 13.5. The molecule has 4 rings (SSSR count). The maximum Gasteiger partial charge on any atom is 0.246 e. The lowest BCUT2D eigenvalue weighted by atomic mass is 10.1. The van der Waals surface area contributed by atoms with E-state index in [1.54, 1.807) is 0 Å². The summed E-state index contributed by atoms with van der Waals surface area (Å²) >= 11 is 0. The lowest BCUT2D eigenvalue weighted by Crippen LogP contribution is -2.50. The number of ether oxygens (including phenoxy) is 1. The van der Waals surface area contributed by atoms with Crippen LogP contribution in [0.2, 0.25) is 0 Å². The van der Waals surface area contributed by atoms with Gasteiger partial charge in [0.1, 0.15) is 18.0 Å². The average Bonchev–Trinajstić information content (AvgIpc) is 3.18. The first-order chi connectivity index (χ1) is 15.7. The van der Waals surface area contributed by atoms with Crippen LogP contribution < -0.4 is 10.6 Å². The molecule has 0 radical (unpaired) electrons. The Hall–Kier alpha value is -3.04. The molecule has 1 aliphatic heterocycles. The van der Waals surface area contributed by atoms with Crippen LogP contribution in [0, 0.1) is 18.6 Å². The van der Waals surface area contributed by atoms with Gasteiger partial charge in [-0.05, 0) is 63.6 Å². The van der Waals surface area contributed by atoms with E-state index in [1.807, 2.05) is 19.1 Å².